The smallest absolute Gasteiger partial charge is 0.187 e. The maximum atomic E-state index is 12.0. The van der Waals surface area contributed by atoms with Crippen molar-refractivity contribution in [2.24, 2.45) is 7.05 Å². The summed E-state index contributed by atoms with van der Waals surface area (Å²) >= 11 is 0. The summed E-state index contributed by atoms with van der Waals surface area (Å²) < 4.78 is 2.06. The lowest BCUT2D eigenvalue weighted by Crippen LogP contribution is -1.98. The minimum absolute atomic E-state index is 0.0804. The first kappa shape index (κ1) is 10.7. The SMILES string of the molecule is C/C=C/C(=O)c1c(C)n(C)c2ccccc12. The Labute approximate surface area is 95.2 Å². The molecule has 82 valence electrons. The molecule has 0 fully saturated rings. The van der Waals surface area contributed by atoms with Crippen LogP contribution in [0, 0.1) is 6.92 Å². The highest BCUT2D eigenvalue weighted by molar-refractivity contribution is 6.14. The Morgan fingerprint density at radius 1 is 1.31 bits per heavy atom. The number of nitrogens with zero attached hydrogens (tertiary/aromatic N) is 1. The van der Waals surface area contributed by atoms with Crippen LogP contribution in [0.4, 0.5) is 0 Å². The van der Waals surface area contributed by atoms with Gasteiger partial charge >= 0.3 is 0 Å². The van der Waals surface area contributed by atoms with Crippen molar-refractivity contribution in [2.45, 2.75) is 13.8 Å². The first-order valence-corrected chi connectivity index (χ1v) is 5.38. The maximum Gasteiger partial charge on any atom is 0.187 e. The van der Waals surface area contributed by atoms with Gasteiger partial charge in [0, 0.05) is 23.6 Å². The molecule has 0 amide bonds. The Kier molecular flexibility index (Phi) is 2.65. The van der Waals surface area contributed by atoms with Gasteiger partial charge in [-0.25, -0.2) is 0 Å². The molecule has 0 spiro atoms. The van der Waals surface area contributed by atoms with Crippen molar-refractivity contribution in [3.05, 3.63) is 47.7 Å². The van der Waals surface area contributed by atoms with Gasteiger partial charge in [-0.15, -0.1) is 0 Å². The van der Waals surface area contributed by atoms with Gasteiger partial charge < -0.3 is 4.57 Å². The summed E-state index contributed by atoms with van der Waals surface area (Å²) in [5.74, 6) is 0.0804. The topological polar surface area (TPSA) is 22.0 Å². The number of benzene rings is 1. The van der Waals surface area contributed by atoms with Crippen molar-refractivity contribution in [2.75, 3.05) is 0 Å². The summed E-state index contributed by atoms with van der Waals surface area (Å²) in [7, 11) is 1.99. The summed E-state index contributed by atoms with van der Waals surface area (Å²) in [4.78, 5) is 12.0. The summed E-state index contributed by atoms with van der Waals surface area (Å²) in [5.41, 5.74) is 2.94. The Balaban J connectivity index is 2.78. The highest BCUT2D eigenvalue weighted by Crippen LogP contribution is 2.25. The number of fused-ring (bicyclic) bond motifs is 1. The zero-order valence-electron chi connectivity index (χ0n) is 9.82. The summed E-state index contributed by atoms with van der Waals surface area (Å²) in [5, 5.41) is 1.03. The first-order valence-electron chi connectivity index (χ1n) is 5.38. The van der Waals surface area contributed by atoms with Crippen LogP contribution in [-0.2, 0) is 7.05 Å². The number of aromatic nitrogens is 1. The van der Waals surface area contributed by atoms with Crippen molar-refractivity contribution in [3.8, 4) is 0 Å². The zero-order valence-corrected chi connectivity index (χ0v) is 9.82. The number of allylic oxidation sites excluding steroid dienone is 2. The summed E-state index contributed by atoms with van der Waals surface area (Å²) in [6.45, 7) is 3.84. The monoisotopic (exact) mass is 213 g/mol. The second kappa shape index (κ2) is 3.97. The molecule has 2 heteroatoms. The van der Waals surface area contributed by atoms with Gasteiger partial charge in [0.25, 0.3) is 0 Å². The van der Waals surface area contributed by atoms with Crippen molar-refractivity contribution in [3.63, 3.8) is 0 Å². The van der Waals surface area contributed by atoms with Crippen LogP contribution in [-0.4, -0.2) is 10.4 Å². The fourth-order valence-electron chi connectivity index (χ4n) is 2.07. The molecule has 0 aliphatic rings. The van der Waals surface area contributed by atoms with E-state index < -0.39 is 0 Å². The lowest BCUT2D eigenvalue weighted by molar-refractivity contribution is 0.104. The Morgan fingerprint density at radius 2 is 2.00 bits per heavy atom. The first-order chi connectivity index (χ1) is 7.66. The fraction of sp³-hybridized carbons (Fsp3) is 0.214. The van der Waals surface area contributed by atoms with Gasteiger partial charge in [0.2, 0.25) is 0 Å². The molecule has 16 heavy (non-hydrogen) atoms. The van der Waals surface area contributed by atoms with E-state index in [-0.39, 0.29) is 5.78 Å². The van der Waals surface area contributed by atoms with Crippen LogP contribution in [0.25, 0.3) is 10.9 Å². The van der Waals surface area contributed by atoms with E-state index in [1.54, 1.807) is 12.2 Å². The maximum absolute atomic E-state index is 12.0. The number of aryl methyl sites for hydroxylation is 1. The van der Waals surface area contributed by atoms with Crippen molar-refractivity contribution >= 4 is 16.7 Å². The van der Waals surface area contributed by atoms with Gasteiger partial charge in [0.05, 0.1) is 5.56 Å². The third-order valence-corrected chi connectivity index (χ3v) is 2.96. The quantitative estimate of drug-likeness (QED) is 0.554. The third kappa shape index (κ3) is 1.47. The largest absolute Gasteiger partial charge is 0.347 e. The second-order valence-electron chi connectivity index (χ2n) is 3.90. The number of carbonyl (C=O) groups is 1. The van der Waals surface area contributed by atoms with Gasteiger partial charge in [0.1, 0.15) is 0 Å². The molecule has 0 bridgehead atoms. The highest BCUT2D eigenvalue weighted by atomic mass is 16.1. The molecule has 1 aromatic carbocycles. The molecule has 0 atom stereocenters. The molecule has 0 radical (unpaired) electrons. The van der Waals surface area contributed by atoms with Crippen LogP contribution in [0.1, 0.15) is 23.0 Å². The molecular formula is C14H15NO. The zero-order chi connectivity index (χ0) is 11.7. The minimum atomic E-state index is 0.0804. The van der Waals surface area contributed by atoms with E-state index in [0.717, 1.165) is 22.2 Å². The minimum Gasteiger partial charge on any atom is -0.347 e. The van der Waals surface area contributed by atoms with E-state index in [1.165, 1.54) is 0 Å². The van der Waals surface area contributed by atoms with Crippen LogP contribution in [0.15, 0.2) is 36.4 Å². The van der Waals surface area contributed by atoms with Crippen LogP contribution in [0.2, 0.25) is 0 Å². The van der Waals surface area contributed by atoms with Crippen molar-refractivity contribution in [1.82, 2.24) is 4.57 Å². The number of carbonyl (C=O) groups excluding carboxylic acids is 1. The van der Waals surface area contributed by atoms with E-state index in [0.29, 0.717) is 0 Å². The lowest BCUT2D eigenvalue weighted by atomic mass is 10.1. The van der Waals surface area contributed by atoms with E-state index in [2.05, 4.69) is 4.57 Å². The standard InChI is InChI=1S/C14H15NO/c1-4-7-13(16)14-10(2)15(3)12-9-6-5-8-11(12)14/h4-9H,1-3H3/b7-4+. The molecule has 2 rings (SSSR count). The van der Waals surface area contributed by atoms with E-state index in [9.17, 15) is 4.79 Å². The average molecular weight is 213 g/mol. The molecule has 0 aliphatic heterocycles. The molecule has 0 unspecified atom stereocenters. The third-order valence-electron chi connectivity index (χ3n) is 2.96. The Bertz CT molecular complexity index is 576. The predicted molar refractivity (Wildman–Crippen MR) is 66.8 cm³/mol. The molecular weight excluding hydrogens is 198 g/mol. The van der Waals surface area contributed by atoms with Gasteiger partial charge in [-0.2, -0.15) is 0 Å². The molecule has 0 saturated carbocycles. The molecule has 0 saturated heterocycles. The molecule has 2 nitrogen and oxygen atoms in total. The average Bonchev–Trinajstić information content (AvgIpc) is 2.53. The van der Waals surface area contributed by atoms with Crippen LogP contribution >= 0.6 is 0 Å². The number of hydrogen-bond acceptors (Lipinski definition) is 1. The molecule has 2 aromatic rings. The van der Waals surface area contributed by atoms with Crippen LogP contribution in [0.5, 0.6) is 0 Å². The molecule has 0 aliphatic carbocycles. The van der Waals surface area contributed by atoms with Gasteiger partial charge in [0.15, 0.2) is 5.78 Å². The second-order valence-corrected chi connectivity index (χ2v) is 3.90. The Morgan fingerprint density at radius 3 is 2.69 bits per heavy atom. The molecule has 1 heterocycles. The molecule has 1 aromatic heterocycles. The fourth-order valence-corrected chi connectivity index (χ4v) is 2.07. The summed E-state index contributed by atoms with van der Waals surface area (Å²) in [6.07, 6.45) is 3.40. The van der Waals surface area contributed by atoms with Gasteiger partial charge in [-0.3, -0.25) is 4.79 Å². The normalized spacial score (nSPS) is 11.4. The van der Waals surface area contributed by atoms with E-state index in [4.69, 9.17) is 0 Å². The number of para-hydroxylation sites is 1. The van der Waals surface area contributed by atoms with Crippen molar-refractivity contribution < 1.29 is 4.79 Å². The van der Waals surface area contributed by atoms with Gasteiger partial charge in [-0.1, -0.05) is 24.3 Å². The van der Waals surface area contributed by atoms with Gasteiger partial charge in [-0.05, 0) is 26.0 Å². The van der Waals surface area contributed by atoms with Crippen LogP contribution < -0.4 is 0 Å². The highest BCUT2D eigenvalue weighted by Gasteiger charge is 2.15. The van der Waals surface area contributed by atoms with Crippen LogP contribution in [0.3, 0.4) is 0 Å². The molecule has 0 N–H and O–H groups in total. The number of hydrogen-bond donors (Lipinski definition) is 0. The summed E-state index contributed by atoms with van der Waals surface area (Å²) in [6, 6.07) is 7.99. The van der Waals surface area contributed by atoms with Crippen molar-refractivity contribution in [1.29, 1.82) is 0 Å². The van der Waals surface area contributed by atoms with E-state index >= 15 is 0 Å². The predicted octanol–water partition coefficient (Wildman–Crippen LogP) is 3.25. The number of rotatable bonds is 2. The van der Waals surface area contributed by atoms with E-state index in [1.807, 2.05) is 45.2 Å². The Hall–Kier alpha value is -1.83. The lowest BCUT2D eigenvalue weighted by Gasteiger charge is -1.98. The number of ketones is 1.